The van der Waals surface area contributed by atoms with Crippen LogP contribution in [0.4, 0.5) is 5.69 Å². The van der Waals surface area contributed by atoms with E-state index in [-0.39, 0.29) is 11.9 Å². The predicted molar refractivity (Wildman–Crippen MR) is 77.8 cm³/mol. The maximum absolute atomic E-state index is 9.83. The van der Waals surface area contributed by atoms with Crippen molar-refractivity contribution in [2.24, 2.45) is 0 Å². The van der Waals surface area contributed by atoms with Crippen molar-refractivity contribution in [3.05, 3.63) is 52.5 Å². The molecular weight excluding hydrogens is 262 g/mol. The zero-order valence-corrected chi connectivity index (χ0v) is 11.6. The summed E-state index contributed by atoms with van der Waals surface area (Å²) in [5, 5.41) is 10.4. The summed E-state index contributed by atoms with van der Waals surface area (Å²) in [6.07, 6.45) is -0.344. The third kappa shape index (κ3) is 3.12. The second-order valence-corrected chi connectivity index (χ2v) is 4.94. The van der Waals surface area contributed by atoms with E-state index in [1.165, 1.54) is 0 Å². The van der Waals surface area contributed by atoms with E-state index >= 15 is 0 Å². The molecule has 0 bridgehead atoms. The number of ether oxygens (including phenoxy) is 1. The summed E-state index contributed by atoms with van der Waals surface area (Å²) in [4.78, 5) is 0. The molecule has 2 aromatic carbocycles. The highest BCUT2D eigenvalue weighted by Gasteiger charge is 2.14. The van der Waals surface area contributed by atoms with Crippen LogP contribution < -0.4 is 10.5 Å². The van der Waals surface area contributed by atoms with Crippen LogP contribution in [0.25, 0.3) is 0 Å². The molecule has 1 atom stereocenters. The van der Waals surface area contributed by atoms with Gasteiger partial charge in [0.25, 0.3) is 0 Å². The average molecular weight is 278 g/mol. The Morgan fingerprint density at radius 1 is 1.21 bits per heavy atom. The molecule has 0 saturated heterocycles. The molecule has 0 aliphatic carbocycles. The van der Waals surface area contributed by atoms with Gasteiger partial charge in [0.2, 0.25) is 0 Å². The van der Waals surface area contributed by atoms with Gasteiger partial charge >= 0.3 is 0 Å². The molecule has 0 amide bonds. The number of hydrogen-bond donors (Lipinski definition) is 2. The lowest BCUT2D eigenvalue weighted by Gasteiger charge is -2.18. The number of nitrogens with two attached hydrogens (primary N) is 1. The van der Waals surface area contributed by atoms with Crippen LogP contribution in [0.3, 0.4) is 0 Å². The van der Waals surface area contributed by atoms with Crippen molar-refractivity contribution >= 4 is 17.3 Å². The van der Waals surface area contributed by atoms with Gasteiger partial charge in [-0.3, -0.25) is 0 Å². The number of anilines is 1. The van der Waals surface area contributed by atoms with Gasteiger partial charge in [-0.1, -0.05) is 17.7 Å². The fourth-order valence-electron chi connectivity index (χ4n) is 1.88. The molecule has 3 N–H and O–H groups in total. The van der Waals surface area contributed by atoms with Crippen molar-refractivity contribution in [2.75, 3.05) is 5.73 Å². The second kappa shape index (κ2) is 5.41. The van der Waals surface area contributed by atoms with Crippen LogP contribution in [0.1, 0.15) is 24.2 Å². The zero-order valence-electron chi connectivity index (χ0n) is 10.9. The Bertz CT molecular complexity index is 599. The van der Waals surface area contributed by atoms with Gasteiger partial charge in [-0.2, -0.15) is 0 Å². The van der Waals surface area contributed by atoms with E-state index in [9.17, 15) is 5.11 Å². The van der Waals surface area contributed by atoms with Crippen molar-refractivity contribution in [1.29, 1.82) is 0 Å². The number of aromatic hydroxyl groups is 1. The van der Waals surface area contributed by atoms with Crippen LogP contribution in [-0.4, -0.2) is 5.11 Å². The molecule has 3 nitrogen and oxygen atoms in total. The maximum Gasteiger partial charge on any atom is 0.143 e. The molecule has 0 spiro atoms. The molecule has 0 aliphatic heterocycles. The Morgan fingerprint density at radius 3 is 2.63 bits per heavy atom. The Morgan fingerprint density at radius 2 is 1.95 bits per heavy atom. The molecule has 2 aromatic rings. The van der Waals surface area contributed by atoms with E-state index in [0.717, 1.165) is 5.56 Å². The molecular formula is C15H16ClNO2. The lowest BCUT2D eigenvalue weighted by atomic mass is 10.1. The molecule has 0 saturated carbocycles. The predicted octanol–water partition coefficient (Wildman–Crippen LogP) is 4.08. The van der Waals surface area contributed by atoms with Crippen LogP contribution in [0.15, 0.2) is 36.4 Å². The Hall–Kier alpha value is -1.87. The number of phenolic OH excluding ortho intramolecular Hbond substituents is 1. The molecule has 2 rings (SSSR count). The maximum atomic E-state index is 9.83. The van der Waals surface area contributed by atoms with E-state index in [1.807, 2.05) is 32.0 Å². The van der Waals surface area contributed by atoms with Crippen molar-refractivity contribution in [2.45, 2.75) is 20.0 Å². The number of nitrogen functional groups attached to an aromatic ring is 1. The van der Waals surface area contributed by atoms with Gasteiger partial charge < -0.3 is 15.6 Å². The van der Waals surface area contributed by atoms with Crippen molar-refractivity contribution in [3.8, 4) is 11.5 Å². The van der Waals surface area contributed by atoms with E-state index in [0.29, 0.717) is 22.0 Å². The van der Waals surface area contributed by atoms with Crippen LogP contribution in [0.5, 0.6) is 11.5 Å². The largest absolute Gasteiger partial charge is 0.508 e. The highest BCUT2D eigenvalue weighted by Crippen LogP contribution is 2.32. The van der Waals surface area contributed by atoms with Crippen molar-refractivity contribution in [1.82, 2.24) is 0 Å². The summed E-state index contributed by atoms with van der Waals surface area (Å²) in [7, 11) is 0. The van der Waals surface area contributed by atoms with E-state index in [4.69, 9.17) is 22.1 Å². The summed E-state index contributed by atoms with van der Waals surface area (Å²) in [6.45, 7) is 3.80. The van der Waals surface area contributed by atoms with E-state index in [2.05, 4.69) is 0 Å². The summed E-state index contributed by atoms with van der Waals surface area (Å²) >= 11 is 5.92. The van der Waals surface area contributed by atoms with Crippen molar-refractivity contribution in [3.63, 3.8) is 0 Å². The Kier molecular flexibility index (Phi) is 3.86. The number of benzene rings is 2. The smallest absolute Gasteiger partial charge is 0.143 e. The van der Waals surface area contributed by atoms with Gasteiger partial charge in [-0.25, -0.2) is 0 Å². The first-order valence-corrected chi connectivity index (χ1v) is 6.36. The normalized spacial score (nSPS) is 12.2. The topological polar surface area (TPSA) is 55.5 Å². The molecule has 4 heteroatoms. The molecule has 0 fully saturated rings. The van der Waals surface area contributed by atoms with Gasteiger partial charge in [-0.15, -0.1) is 0 Å². The number of aryl methyl sites for hydroxylation is 1. The van der Waals surface area contributed by atoms with Gasteiger partial charge in [-0.05, 0) is 49.7 Å². The van der Waals surface area contributed by atoms with Crippen LogP contribution in [0.2, 0.25) is 5.02 Å². The standard InChI is InChI=1S/C15H16ClNO2/c1-9-3-6-15(13(17)7-9)19-10(2)12-8-11(16)4-5-14(12)18/h3-8,10,18H,17H2,1-2H3. The summed E-state index contributed by atoms with van der Waals surface area (Å²) in [5.74, 6) is 0.750. The minimum atomic E-state index is -0.344. The highest BCUT2D eigenvalue weighted by molar-refractivity contribution is 6.30. The molecule has 1 unspecified atom stereocenters. The number of halogens is 1. The quantitative estimate of drug-likeness (QED) is 0.831. The van der Waals surface area contributed by atoms with E-state index < -0.39 is 0 Å². The molecule has 0 heterocycles. The number of hydrogen-bond acceptors (Lipinski definition) is 3. The van der Waals surface area contributed by atoms with Gasteiger partial charge in [0.15, 0.2) is 0 Å². The first-order chi connectivity index (χ1) is 8.97. The van der Waals surface area contributed by atoms with Gasteiger partial charge in [0.05, 0.1) is 5.69 Å². The molecule has 0 aromatic heterocycles. The van der Waals surface area contributed by atoms with Crippen LogP contribution >= 0.6 is 11.6 Å². The third-order valence-electron chi connectivity index (χ3n) is 2.90. The first-order valence-electron chi connectivity index (χ1n) is 5.98. The fourth-order valence-corrected chi connectivity index (χ4v) is 2.06. The van der Waals surface area contributed by atoms with E-state index in [1.54, 1.807) is 18.2 Å². The summed E-state index contributed by atoms with van der Waals surface area (Å²) < 4.78 is 5.78. The number of rotatable bonds is 3. The number of phenols is 1. The zero-order chi connectivity index (χ0) is 14.0. The molecule has 0 aliphatic rings. The summed E-state index contributed by atoms with van der Waals surface area (Å²) in [6, 6.07) is 10.5. The first kappa shape index (κ1) is 13.6. The molecule has 19 heavy (non-hydrogen) atoms. The minimum Gasteiger partial charge on any atom is -0.508 e. The lowest BCUT2D eigenvalue weighted by Crippen LogP contribution is -2.05. The highest BCUT2D eigenvalue weighted by atomic mass is 35.5. The van der Waals surface area contributed by atoms with Crippen LogP contribution in [-0.2, 0) is 0 Å². The van der Waals surface area contributed by atoms with Gasteiger partial charge in [0, 0.05) is 10.6 Å². The van der Waals surface area contributed by atoms with Gasteiger partial charge in [0.1, 0.15) is 17.6 Å². The molecule has 0 radical (unpaired) electrons. The lowest BCUT2D eigenvalue weighted by molar-refractivity contribution is 0.223. The minimum absolute atomic E-state index is 0.155. The van der Waals surface area contributed by atoms with Crippen LogP contribution in [0, 0.1) is 6.92 Å². The average Bonchev–Trinajstić information content (AvgIpc) is 2.35. The Balaban J connectivity index is 2.25. The summed E-state index contributed by atoms with van der Waals surface area (Å²) in [5.41, 5.74) is 8.18. The SMILES string of the molecule is Cc1ccc(OC(C)c2cc(Cl)ccc2O)c(N)c1. The Labute approximate surface area is 117 Å². The second-order valence-electron chi connectivity index (χ2n) is 4.50. The molecule has 100 valence electrons. The fraction of sp³-hybridized carbons (Fsp3) is 0.200. The van der Waals surface area contributed by atoms with Crippen molar-refractivity contribution < 1.29 is 9.84 Å². The monoisotopic (exact) mass is 277 g/mol. The third-order valence-corrected chi connectivity index (χ3v) is 3.13.